The zero-order valence-corrected chi connectivity index (χ0v) is 13.8. The van der Waals surface area contributed by atoms with Crippen molar-refractivity contribution in [3.8, 4) is 0 Å². The Bertz CT molecular complexity index is 972. The highest BCUT2D eigenvalue weighted by atomic mass is 16.2. The summed E-state index contributed by atoms with van der Waals surface area (Å²) in [6.45, 7) is 7.26. The Morgan fingerprint density at radius 2 is 2.12 bits per heavy atom. The van der Waals surface area contributed by atoms with Crippen molar-refractivity contribution in [1.29, 1.82) is 0 Å². The van der Waals surface area contributed by atoms with Crippen LogP contribution >= 0.6 is 0 Å². The van der Waals surface area contributed by atoms with Crippen molar-refractivity contribution >= 4 is 28.9 Å². The summed E-state index contributed by atoms with van der Waals surface area (Å²) in [4.78, 5) is 13.9. The van der Waals surface area contributed by atoms with Gasteiger partial charge in [0.2, 0.25) is 5.91 Å². The molecule has 2 aliphatic rings. The van der Waals surface area contributed by atoms with E-state index in [0.717, 1.165) is 35.5 Å². The fraction of sp³-hybridized carbons (Fsp3) is 0.190. The Hall–Kier alpha value is -2.81. The maximum absolute atomic E-state index is 12.0. The molecule has 0 unspecified atom stereocenters. The van der Waals surface area contributed by atoms with Gasteiger partial charge in [0.25, 0.3) is 0 Å². The number of hydrogen-bond donors (Lipinski definition) is 1. The van der Waals surface area contributed by atoms with Crippen LogP contribution in [0.4, 0.5) is 11.4 Å². The number of rotatable bonds is 2. The van der Waals surface area contributed by atoms with E-state index in [9.17, 15) is 4.79 Å². The molecule has 3 nitrogen and oxygen atoms in total. The first-order valence-corrected chi connectivity index (χ1v) is 8.32. The summed E-state index contributed by atoms with van der Waals surface area (Å²) < 4.78 is 0. The van der Waals surface area contributed by atoms with Gasteiger partial charge in [0.05, 0.1) is 17.9 Å². The molecule has 0 saturated heterocycles. The largest absolute Gasteiger partial charge is 0.374 e. The molecule has 0 aromatic heterocycles. The molecule has 0 fully saturated rings. The molecule has 2 aliphatic heterocycles. The lowest BCUT2D eigenvalue weighted by Gasteiger charge is -2.27. The summed E-state index contributed by atoms with van der Waals surface area (Å²) in [6, 6.07) is 12.7. The van der Waals surface area contributed by atoms with E-state index in [1.165, 1.54) is 16.0 Å². The van der Waals surface area contributed by atoms with Crippen LogP contribution in [-0.4, -0.2) is 19.0 Å². The van der Waals surface area contributed by atoms with Gasteiger partial charge in [-0.05, 0) is 52.6 Å². The number of nitrogens with one attached hydrogen (secondary N) is 1. The molecule has 2 heterocycles. The fourth-order valence-electron chi connectivity index (χ4n) is 3.73. The van der Waals surface area contributed by atoms with E-state index in [-0.39, 0.29) is 5.91 Å². The predicted molar refractivity (Wildman–Crippen MR) is 99.5 cm³/mol. The third-order valence-electron chi connectivity index (χ3n) is 4.87. The maximum atomic E-state index is 12.0. The van der Waals surface area contributed by atoms with Gasteiger partial charge in [0.1, 0.15) is 0 Å². The topological polar surface area (TPSA) is 32.3 Å². The standard InChI is InChI=1S/C21H20N2O/c1-3-14-7-5-6-8-18(14)17(4-2)16-11-15-9-10-23-20(24)13-22-19(12-16)21(15)23/h3-8,11-12,22H,2,9-10,13H2,1H3/b14-3-,18-17+. The van der Waals surface area contributed by atoms with Crippen molar-refractivity contribution < 1.29 is 4.79 Å². The van der Waals surface area contributed by atoms with Gasteiger partial charge in [0.15, 0.2) is 0 Å². The summed E-state index contributed by atoms with van der Waals surface area (Å²) in [5.41, 5.74) is 5.63. The van der Waals surface area contributed by atoms with Gasteiger partial charge < -0.3 is 10.2 Å². The van der Waals surface area contributed by atoms with Crippen LogP contribution in [0.5, 0.6) is 0 Å². The van der Waals surface area contributed by atoms with Crippen molar-refractivity contribution in [3.05, 3.63) is 70.6 Å². The molecule has 24 heavy (non-hydrogen) atoms. The van der Waals surface area contributed by atoms with Crippen LogP contribution in [0, 0.1) is 0 Å². The SMILES string of the molecule is C=C/C(c1cc2c3c(c1)NCC(=O)N3CC2)=c1/cccc/c1=C/C. The van der Waals surface area contributed by atoms with Gasteiger partial charge in [-0.25, -0.2) is 0 Å². The highest BCUT2D eigenvalue weighted by Gasteiger charge is 2.31. The number of amides is 1. The number of allylic oxidation sites excluding steroid dienone is 1. The molecule has 0 aliphatic carbocycles. The van der Waals surface area contributed by atoms with Gasteiger partial charge in [-0.1, -0.05) is 43.0 Å². The van der Waals surface area contributed by atoms with E-state index >= 15 is 0 Å². The van der Waals surface area contributed by atoms with Crippen molar-refractivity contribution in [3.63, 3.8) is 0 Å². The van der Waals surface area contributed by atoms with Gasteiger partial charge >= 0.3 is 0 Å². The van der Waals surface area contributed by atoms with Crippen molar-refractivity contribution in [2.45, 2.75) is 13.3 Å². The Kier molecular flexibility index (Phi) is 3.49. The van der Waals surface area contributed by atoms with E-state index in [0.29, 0.717) is 6.54 Å². The Morgan fingerprint density at radius 1 is 1.29 bits per heavy atom. The third-order valence-corrected chi connectivity index (χ3v) is 4.87. The van der Waals surface area contributed by atoms with E-state index in [1.54, 1.807) is 0 Å². The molecule has 0 saturated carbocycles. The number of nitrogens with zero attached hydrogens (tertiary/aromatic N) is 1. The normalized spacial score (nSPS) is 17.5. The van der Waals surface area contributed by atoms with E-state index < -0.39 is 0 Å². The minimum atomic E-state index is 0.160. The summed E-state index contributed by atoms with van der Waals surface area (Å²) in [6.07, 6.45) is 4.96. The molecule has 1 N–H and O–H groups in total. The molecule has 2 aromatic rings. The second-order valence-electron chi connectivity index (χ2n) is 6.17. The predicted octanol–water partition coefficient (Wildman–Crippen LogP) is 2.19. The lowest BCUT2D eigenvalue weighted by atomic mass is 9.97. The highest BCUT2D eigenvalue weighted by Crippen LogP contribution is 2.40. The van der Waals surface area contributed by atoms with E-state index in [2.05, 4.69) is 61.3 Å². The number of anilines is 2. The number of hydrogen-bond acceptors (Lipinski definition) is 2. The van der Waals surface area contributed by atoms with E-state index in [4.69, 9.17) is 0 Å². The number of carbonyl (C=O) groups excluding carboxylic acids is 1. The lowest BCUT2D eigenvalue weighted by Crippen LogP contribution is -2.38. The first kappa shape index (κ1) is 14.8. The van der Waals surface area contributed by atoms with E-state index in [1.807, 2.05) is 11.0 Å². The van der Waals surface area contributed by atoms with Crippen LogP contribution in [0.1, 0.15) is 18.1 Å². The van der Waals surface area contributed by atoms with Crippen LogP contribution in [0.2, 0.25) is 0 Å². The lowest BCUT2D eigenvalue weighted by molar-refractivity contribution is -0.117. The molecular weight excluding hydrogens is 296 g/mol. The van der Waals surface area contributed by atoms with Crippen molar-refractivity contribution in [1.82, 2.24) is 0 Å². The van der Waals surface area contributed by atoms with Gasteiger partial charge in [0, 0.05) is 6.54 Å². The molecule has 0 spiro atoms. The Balaban J connectivity index is 1.99. The molecule has 2 aromatic carbocycles. The van der Waals surface area contributed by atoms with Crippen molar-refractivity contribution in [2.24, 2.45) is 0 Å². The summed E-state index contributed by atoms with van der Waals surface area (Å²) in [5.74, 6) is 0.160. The van der Waals surface area contributed by atoms with Crippen LogP contribution in [-0.2, 0) is 11.2 Å². The monoisotopic (exact) mass is 316 g/mol. The number of carbonyl (C=O) groups is 1. The van der Waals surface area contributed by atoms with Gasteiger partial charge in [-0.3, -0.25) is 4.79 Å². The second kappa shape index (κ2) is 5.68. The maximum Gasteiger partial charge on any atom is 0.246 e. The number of benzene rings is 2. The van der Waals surface area contributed by atoms with Crippen LogP contribution < -0.4 is 20.7 Å². The van der Waals surface area contributed by atoms with Crippen LogP contribution in [0.3, 0.4) is 0 Å². The van der Waals surface area contributed by atoms with Gasteiger partial charge in [-0.2, -0.15) is 0 Å². The minimum Gasteiger partial charge on any atom is -0.374 e. The Labute approximate surface area is 141 Å². The molecule has 1 amide bonds. The summed E-state index contributed by atoms with van der Waals surface area (Å²) in [7, 11) is 0. The smallest absolute Gasteiger partial charge is 0.246 e. The minimum absolute atomic E-state index is 0.160. The molecule has 120 valence electrons. The Morgan fingerprint density at radius 3 is 2.92 bits per heavy atom. The van der Waals surface area contributed by atoms with Crippen LogP contribution in [0.15, 0.2) is 49.1 Å². The van der Waals surface area contributed by atoms with Gasteiger partial charge in [-0.15, -0.1) is 0 Å². The molecule has 3 heteroatoms. The summed E-state index contributed by atoms with van der Waals surface area (Å²) >= 11 is 0. The van der Waals surface area contributed by atoms with Crippen molar-refractivity contribution in [2.75, 3.05) is 23.3 Å². The van der Waals surface area contributed by atoms with Crippen LogP contribution in [0.25, 0.3) is 11.6 Å². The molecule has 0 radical (unpaired) electrons. The summed E-state index contributed by atoms with van der Waals surface area (Å²) in [5, 5.41) is 5.66. The second-order valence-corrected chi connectivity index (χ2v) is 6.17. The third kappa shape index (κ3) is 2.16. The zero-order chi connectivity index (χ0) is 16.7. The molecule has 0 atom stereocenters. The molecule has 4 rings (SSSR count). The quantitative estimate of drug-likeness (QED) is 0.921. The average molecular weight is 316 g/mol. The average Bonchev–Trinajstić information content (AvgIpc) is 3.05. The fourth-order valence-corrected chi connectivity index (χ4v) is 3.73. The zero-order valence-electron chi connectivity index (χ0n) is 13.8. The first-order chi connectivity index (χ1) is 11.7. The highest BCUT2D eigenvalue weighted by molar-refractivity contribution is 6.05. The molecule has 0 bridgehead atoms. The first-order valence-electron chi connectivity index (χ1n) is 8.32. The molecular formula is C21H20N2O.